The first-order valence-electron chi connectivity index (χ1n) is 6.46. The summed E-state index contributed by atoms with van der Waals surface area (Å²) in [6.45, 7) is 3.92. The number of piperidine rings is 1. The fourth-order valence-corrected chi connectivity index (χ4v) is 2.62. The van der Waals surface area contributed by atoms with Crippen molar-refractivity contribution in [3.63, 3.8) is 0 Å². The minimum absolute atomic E-state index is 0.0306. The van der Waals surface area contributed by atoms with Crippen LogP contribution >= 0.6 is 0 Å². The molecule has 2 aliphatic rings. The van der Waals surface area contributed by atoms with Crippen LogP contribution in [-0.2, 0) is 4.79 Å². The summed E-state index contributed by atoms with van der Waals surface area (Å²) in [6.07, 6.45) is 4.55. The van der Waals surface area contributed by atoms with E-state index in [0.717, 1.165) is 39.0 Å². The Balaban J connectivity index is 1.91. The second kappa shape index (κ2) is 5.75. The van der Waals surface area contributed by atoms with Crippen molar-refractivity contribution in [3.8, 4) is 0 Å². The molecule has 4 nitrogen and oxygen atoms in total. The van der Waals surface area contributed by atoms with Gasteiger partial charge in [-0.3, -0.25) is 4.79 Å². The van der Waals surface area contributed by atoms with Crippen LogP contribution < -0.4 is 10.6 Å². The van der Waals surface area contributed by atoms with Crippen LogP contribution in [0.2, 0.25) is 0 Å². The van der Waals surface area contributed by atoms with E-state index in [1.54, 1.807) is 0 Å². The van der Waals surface area contributed by atoms with E-state index < -0.39 is 0 Å². The number of ketones is 1. The maximum Gasteiger partial charge on any atom is 0.167 e. The van der Waals surface area contributed by atoms with E-state index in [-0.39, 0.29) is 12.1 Å². The van der Waals surface area contributed by atoms with Crippen LogP contribution in [0, 0.1) is 0 Å². The number of Topliss-reactive ketones (excluding diaryl/α,β-unsaturated/α-hetero) is 1. The van der Waals surface area contributed by atoms with Crippen LogP contribution in [0.4, 0.5) is 0 Å². The molecule has 2 rings (SSSR count). The summed E-state index contributed by atoms with van der Waals surface area (Å²) in [5.41, 5.74) is 0. The summed E-state index contributed by atoms with van der Waals surface area (Å²) in [6, 6.07) is 0.126. The predicted molar refractivity (Wildman–Crippen MR) is 64.6 cm³/mol. The fourth-order valence-electron chi connectivity index (χ4n) is 2.62. The molecule has 2 atom stereocenters. The molecule has 0 spiro atoms. The first kappa shape index (κ1) is 12.0. The Morgan fingerprint density at radius 2 is 1.88 bits per heavy atom. The molecule has 2 heterocycles. The van der Waals surface area contributed by atoms with Crippen LogP contribution in [0.3, 0.4) is 0 Å². The van der Waals surface area contributed by atoms with Crippen LogP contribution in [0.1, 0.15) is 25.7 Å². The van der Waals surface area contributed by atoms with E-state index in [9.17, 15) is 4.79 Å². The zero-order valence-electron chi connectivity index (χ0n) is 10.2. The van der Waals surface area contributed by atoms with Gasteiger partial charge in [-0.2, -0.15) is 0 Å². The standard InChI is InChI=1S/C12H23N3O/c1-15-8-4-7-14-11(9-15)12(16)10-5-2-3-6-13-10/h10-11,13-14H,2-9H2,1H3. The van der Waals surface area contributed by atoms with E-state index >= 15 is 0 Å². The van der Waals surface area contributed by atoms with E-state index in [4.69, 9.17) is 0 Å². The summed E-state index contributed by atoms with van der Waals surface area (Å²) in [4.78, 5) is 14.6. The van der Waals surface area contributed by atoms with E-state index in [0.29, 0.717) is 5.78 Å². The molecule has 2 aliphatic heterocycles. The number of hydrogen-bond donors (Lipinski definition) is 2. The van der Waals surface area contributed by atoms with Crippen molar-refractivity contribution in [2.24, 2.45) is 0 Å². The molecule has 0 aliphatic carbocycles. The molecule has 0 bridgehead atoms. The number of nitrogens with one attached hydrogen (secondary N) is 2. The van der Waals surface area contributed by atoms with Crippen molar-refractivity contribution in [2.75, 3.05) is 33.2 Å². The number of nitrogens with zero attached hydrogens (tertiary/aromatic N) is 1. The molecule has 2 N–H and O–H groups in total. The molecule has 0 aromatic carbocycles. The molecular weight excluding hydrogens is 202 g/mol. The molecular formula is C12H23N3O. The van der Waals surface area contributed by atoms with Gasteiger partial charge in [-0.25, -0.2) is 0 Å². The third-order valence-electron chi connectivity index (χ3n) is 3.60. The number of carbonyl (C=O) groups excluding carboxylic acids is 1. The smallest absolute Gasteiger partial charge is 0.167 e. The number of hydrogen-bond acceptors (Lipinski definition) is 4. The van der Waals surface area contributed by atoms with Crippen LogP contribution in [-0.4, -0.2) is 56.0 Å². The lowest BCUT2D eigenvalue weighted by molar-refractivity contribution is -0.123. The number of carbonyl (C=O) groups is 1. The molecule has 0 amide bonds. The predicted octanol–water partition coefficient (Wildman–Crippen LogP) is -0.00870. The quantitative estimate of drug-likeness (QED) is 0.694. The zero-order chi connectivity index (χ0) is 11.4. The van der Waals surface area contributed by atoms with Crippen molar-refractivity contribution < 1.29 is 4.79 Å². The molecule has 0 saturated carbocycles. The lowest BCUT2D eigenvalue weighted by Gasteiger charge is -2.27. The molecule has 0 aromatic heterocycles. The summed E-state index contributed by atoms with van der Waals surface area (Å²) in [7, 11) is 2.10. The van der Waals surface area contributed by atoms with E-state index in [1.807, 2.05) is 0 Å². The van der Waals surface area contributed by atoms with Crippen molar-refractivity contribution in [2.45, 2.75) is 37.8 Å². The highest BCUT2D eigenvalue weighted by Gasteiger charge is 2.29. The van der Waals surface area contributed by atoms with Gasteiger partial charge < -0.3 is 15.5 Å². The largest absolute Gasteiger partial charge is 0.307 e. The Kier molecular flexibility index (Phi) is 4.32. The van der Waals surface area contributed by atoms with Gasteiger partial charge in [0.1, 0.15) is 0 Å². The number of likely N-dealkylation sites (N-methyl/N-ethyl adjacent to an activating group) is 1. The summed E-state index contributed by atoms with van der Waals surface area (Å²) in [5.74, 6) is 0.369. The molecule has 0 aromatic rings. The van der Waals surface area contributed by atoms with E-state index in [2.05, 4.69) is 22.6 Å². The van der Waals surface area contributed by atoms with Crippen LogP contribution in [0.15, 0.2) is 0 Å². The maximum atomic E-state index is 12.3. The van der Waals surface area contributed by atoms with Crippen LogP contribution in [0.5, 0.6) is 0 Å². The lowest BCUT2D eigenvalue weighted by Crippen LogP contribution is -2.52. The second-order valence-electron chi connectivity index (χ2n) is 5.03. The van der Waals surface area contributed by atoms with Crippen molar-refractivity contribution in [1.82, 2.24) is 15.5 Å². The minimum atomic E-state index is 0.0306. The van der Waals surface area contributed by atoms with Crippen molar-refractivity contribution in [1.29, 1.82) is 0 Å². The Labute approximate surface area is 97.8 Å². The fraction of sp³-hybridized carbons (Fsp3) is 0.917. The van der Waals surface area contributed by atoms with Gasteiger partial charge in [-0.05, 0) is 45.9 Å². The Morgan fingerprint density at radius 1 is 1.12 bits per heavy atom. The van der Waals surface area contributed by atoms with Gasteiger partial charge >= 0.3 is 0 Å². The van der Waals surface area contributed by atoms with Gasteiger partial charge in [0.05, 0.1) is 12.1 Å². The van der Waals surface area contributed by atoms with Gasteiger partial charge in [0.25, 0.3) is 0 Å². The summed E-state index contributed by atoms with van der Waals surface area (Å²) >= 11 is 0. The monoisotopic (exact) mass is 225 g/mol. The van der Waals surface area contributed by atoms with Crippen molar-refractivity contribution in [3.05, 3.63) is 0 Å². The molecule has 92 valence electrons. The highest BCUT2D eigenvalue weighted by molar-refractivity contribution is 5.89. The van der Waals surface area contributed by atoms with Gasteiger partial charge in [-0.1, -0.05) is 6.42 Å². The molecule has 2 saturated heterocycles. The molecule has 0 radical (unpaired) electrons. The zero-order valence-corrected chi connectivity index (χ0v) is 10.2. The SMILES string of the molecule is CN1CCCNC(C(=O)C2CCCCN2)C1. The van der Waals surface area contributed by atoms with Gasteiger partial charge in [-0.15, -0.1) is 0 Å². The Morgan fingerprint density at radius 3 is 2.62 bits per heavy atom. The summed E-state index contributed by atoms with van der Waals surface area (Å²) in [5, 5.41) is 6.72. The van der Waals surface area contributed by atoms with Gasteiger partial charge in [0, 0.05) is 6.54 Å². The van der Waals surface area contributed by atoms with Crippen LogP contribution in [0.25, 0.3) is 0 Å². The van der Waals surface area contributed by atoms with E-state index in [1.165, 1.54) is 12.8 Å². The van der Waals surface area contributed by atoms with Crippen molar-refractivity contribution >= 4 is 5.78 Å². The highest BCUT2D eigenvalue weighted by atomic mass is 16.1. The highest BCUT2D eigenvalue weighted by Crippen LogP contribution is 2.11. The second-order valence-corrected chi connectivity index (χ2v) is 5.03. The first-order valence-corrected chi connectivity index (χ1v) is 6.46. The average molecular weight is 225 g/mol. The molecule has 16 heavy (non-hydrogen) atoms. The minimum Gasteiger partial charge on any atom is -0.307 e. The Hall–Kier alpha value is -0.450. The summed E-state index contributed by atoms with van der Waals surface area (Å²) < 4.78 is 0. The number of rotatable bonds is 2. The molecule has 2 unspecified atom stereocenters. The third kappa shape index (κ3) is 3.03. The topological polar surface area (TPSA) is 44.4 Å². The lowest BCUT2D eigenvalue weighted by atomic mass is 9.96. The molecule has 2 fully saturated rings. The third-order valence-corrected chi connectivity index (χ3v) is 3.60. The molecule has 4 heteroatoms. The first-order chi connectivity index (χ1) is 7.77. The van der Waals surface area contributed by atoms with Gasteiger partial charge in [0.2, 0.25) is 0 Å². The average Bonchev–Trinajstić information content (AvgIpc) is 2.54. The maximum absolute atomic E-state index is 12.3. The normalized spacial score (nSPS) is 33.3. The Bertz CT molecular complexity index is 238. The van der Waals surface area contributed by atoms with Gasteiger partial charge in [0.15, 0.2) is 5.78 Å².